The zero-order chi connectivity index (χ0) is 20.2. The van der Waals surface area contributed by atoms with Gasteiger partial charge in [0.2, 0.25) is 0 Å². The standard InChI is InChI=1S/C24H25N3O2/c1-25-13-12-21(18-22(25)28)24(29)27-16-14-26(15-17-27)23(19-8-4-2-5-9-19)20-10-6-3-7-11-20/h2-13,18,23H,14-17H2,1H3. The van der Waals surface area contributed by atoms with Gasteiger partial charge in [-0.1, -0.05) is 60.7 Å². The van der Waals surface area contributed by atoms with Crippen LogP contribution in [0.15, 0.2) is 83.8 Å². The summed E-state index contributed by atoms with van der Waals surface area (Å²) < 4.78 is 1.47. The predicted molar refractivity (Wildman–Crippen MR) is 114 cm³/mol. The Hall–Kier alpha value is -3.18. The largest absolute Gasteiger partial charge is 0.336 e. The number of aromatic nitrogens is 1. The van der Waals surface area contributed by atoms with Gasteiger partial charge in [-0.3, -0.25) is 14.5 Å². The van der Waals surface area contributed by atoms with Gasteiger partial charge in [-0.25, -0.2) is 0 Å². The number of amides is 1. The number of benzene rings is 2. The van der Waals surface area contributed by atoms with Gasteiger partial charge in [-0.05, 0) is 17.2 Å². The van der Waals surface area contributed by atoms with E-state index in [9.17, 15) is 9.59 Å². The molecule has 1 fully saturated rings. The van der Waals surface area contributed by atoms with E-state index >= 15 is 0 Å². The molecule has 1 aliphatic rings. The minimum atomic E-state index is -0.164. The Balaban J connectivity index is 1.51. The average molecular weight is 387 g/mol. The molecule has 0 saturated carbocycles. The van der Waals surface area contributed by atoms with Crippen molar-refractivity contribution >= 4 is 5.91 Å². The number of carbonyl (C=O) groups excluding carboxylic acids is 1. The molecular formula is C24H25N3O2. The number of pyridine rings is 1. The van der Waals surface area contributed by atoms with E-state index in [-0.39, 0.29) is 17.5 Å². The molecule has 1 saturated heterocycles. The first kappa shape index (κ1) is 19.2. The van der Waals surface area contributed by atoms with E-state index in [2.05, 4.69) is 53.4 Å². The first-order valence-electron chi connectivity index (χ1n) is 9.93. The second kappa shape index (κ2) is 8.45. The molecule has 148 valence electrons. The maximum atomic E-state index is 12.8. The first-order valence-corrected chi connectivity index (χ1v) is 9.93. The van der Waals surface area contributed by atoms with Crippen LogP contribution < -0.4 is 5.56 Å². The monoisotopic (exact) mass is 387 g/mol. The quantitative estimate of drug-likeness (QED) is 0.692. The highest BCUT2D eigenvalue weighted by Crippen LogP contribution is 2.29. The number of nitrogens with zero attached hydrogens (tertiary/aromatic N) is 3. The highest BCUT2D eigenvalue weighted by molar-refractivity contribution is 5.94. The molecule has 1 amide bonds. The Morgan fingerprint density at radius 1 is 0.828 bits per heavy atom. The number of piperazine rings is 1. The summed E-state index contributed by atoms with van der Waals surface area (Å²) in [5.74, 6) is -0.0710. The first-order chi connectivity index (χ1) is 14.1. The number of aryl methyl sites for hydroxylation is 1. The van der Waals surface area contributed by atoms with Crippen LogP contribution in [-0.4, -0.2) is 46.5 Å². The van der Waals surface area contributed by atoms with Crippen LogP contribution in [-0.2, 0) is 7.05 Å². The molecule has 1 aliphatic heterocycles. The zero-order valence-corrected chi connectivity index (χ0v) is 16.6. The maximum absolute atomic E-state index is 12.8. The Kier molecular flexibility index (Phi) is 5.58. The lowest BCUT2D eigenvalue weighted by molar-refractivity contribution is 0.0597. The lowest BCUT2D eigenvalue weighted by Gasteiger charge is -2.39. The van der Waals surface area contributed by atoms with E-state index in [1.807, 2.05) is 17.0 Å². The van der Waals surface area contributed by atoms with E-state index in [4.69, 9.17) is 0 Å². The van der Waals surface area contributed by atoms with Crippen LogP contribution in [0.2, 0.25) is 0 Å². The predicted octanol–water partition coefficient (Wildman–Crippen LogP) is 2.93. The highest BCUT2D eigenvalue weighted by atomic mass is 16.2. The molecule has 0 aliphatic carbocycles. The SMILES string of the molecule is Cn1ccc(C(=O)N2CCN(C(c3ccccc3)c3ccccc3)CC2)cc1=O. The van der Waals surface area contributed by atoms with Crippen molar-refractivity contribution in [3.8, 4) is 0 Å². The minimum Gasteiger partial charge on any atom is -0.336 e. The third-order valence-corrected chi connectivity index (χ3v) is 5.55. The van der Waals surface area contributed by atoms with Crippen molar-refractivity contribution in [2.75, 3.05) is 26.2 Å². The molecule has 1 aromatic heterocycles. The molecule has 3 aromatic rings. The smallest absolute Gasteiger partial charge is 0.254 e. The molecular weight excluding hydrogens is 362 g/mol. The van der Waals surface area contributed by atoms with Crippen molar-refractivity contribution in [2.45, 2.75) is 6.04 Å². The molecule has 0 spiro atoms. The maximum Gasteiger partial charge on any atom is 0.254 e. The summed E-state index contributed by atoms with van der Waals surface area (Å²) in [5.41, 5.74) is 2.81. The van der Waals surface area contributed by atoms with E-state index in [1.54, 1.807) is 19.3 Å². The fourth-order valence-corrected chi connectivity index (χ4v) is 3.93. The second-order valence-corrected chi connectivity index (χ2v) is 7.42. The summed E-state index contributed by atoms with van der Waals surface area (Å²) >= 11 is 0. The van der Waals surface area contributed by atoms with Crippen molar-refractivity contribution in [1.82, 2.24) is 14.4 Å². The third-order valence-electron chi connectivity index (χ3n) is 5.55. The van der Waals surface area contributed by atoms with E-state index in [1.165, 1.54) is 21.8 Å². The Labute approximate surface area is 170 Å². The molecule has 0 unspecified atom stereocenters. The van der Waals surface area contributed by atoms with Crippen LogP contribution in [0.3, 0.4) is 0 Å². The lowest BCUT2D eigenvalue weighted by Crippen LogP contribution is -2.50. The number of rotatable bonds is 4. The van der Waals surface area contributed by atoms with E-state index < -0.39 is 0 Å². The Morgan fingerprint density at radius 2 is 1.38 bits per heavy atom. The van der Waals surface area contributed by atoms with Crippen molar-refractivity contribution in [3.05, 3.63) is 106 Å². The molecule has 0 atom stereocenters. The van der Waals surface area contributed by atoms with E-state index in [0.29, 0.717) is 18.7 Å². The summed E-state index contributed by atoms with van der Waals surface area (Å²) in [4.78, 5) is 29.0. The molecule has 0 radical (unpaired) electrons. The van der Waals surface area contributed by atoms with Gasteiger partial charge in [-0.2, -0.15) is 0 Å². The number of carbonyl (C=O) groups is 1. The molecule has 29 heavy (non-hydrogen) atoms. The molecule has 2 heterocycles. The van der Waals surface area contributed by atoms with Gasteiger partial charge in [0.15, 0.2) is 0 Å². The average Bonchev–Trinajstić information content (AvgIpc) is 2.77. The van der Waals surface area contributed by atoms with Crippen LogP contribution in [0.1, 0.15) is 27.5 Å². The van der Waals surface area contributed by atoms with Crippen molar-refractivity contribution in [1.29, 1.82) is 0 Å². The van der Waals surface area contributed by atoms with Crippen LogP contribution in [0, 0.1) is 0 Å². The second-order valence-electron chi connectivity index (χ2n) is 7.42. The van der Waals surface area contributed by atoms with E-state index in [0.717, 1.165) is 13.1 Å². The van der Waals surface area contributed by atoms with Crippen LogP contribution >= 0.6 is 0 Å². The fraction of sp³-hybridized carbons (Fsp3) is 0.250. The van der Waals surface area contributed by atoms with Gasteiger partial charge in [0.25, 0.3) is 11.5 Å². The summed E-state index contributed by atoms with van der Waals surface area (Å²) in [6, 6.07) is 24.3. The fourth-order valence-electron chi connectivity index (χ4n) is 3.93. The van der Waals surface area contributed by atoms with Gasteiger partial charge in [-0.15, -0.1) is 0 Å². The zero-order valence-electron chi connectivity index (χ0n) is 16.6. The molecule has 4 rings (SSSR count). The van der Waals surface area contributed by atoms with Crippen LogP contribution in [0.5, 0.6) is 0 Å². The minimum absolute atomic E-state index is 0.0710. The third kappa shape index (κ3) is 4.15. The molecule has 0 bridgehead atoms. The molecule has 0 N–H and O–H groups in total. The van der Waals surface area contributed by atoms with Crippen molar-refractivity contribution in [3.63, 3.8) is 0 Å². The summed E-state index contributed by atoms with van der Waals surface area (Å²) in [5, 5.41) is 0. The van der Waals surface area contributed by atoms with Crippen LogP contribution in [0.25, 0.3) is 0 Å². The van der Waals surface area contributed by atoms with Crippen LogP contribution in [0.4, 0.5) is 0 Å². The van der Waals surface area contributed by atoms with Crippen molar-refractivity contribution < 1.29 is 4.79 Å². The van der Waals surface area contributed by atoms with Gasteiger partial charge in [0.05, 0.1) is 6.04 Å². The summed E-state index contributed by atoms with van der Waals surface area (Å²) in [6.45, 7) is 2.85. The summed E-state index contributed by atoms with van der Waals surface area (Å²) in [6.07, 6.45) is 1.65. The highest BCUT2D eigenvalue weighted by Gasteiger charge is 2.28. The lowest BCUT2D eigenvalue weighted by atomic mass is 9.96. The Bertz CT molecular complexity index is 983. The molecule has 5 heteroatoms. The number of hydrogen-bond donors (Lipinski definition) is 0. The van der Waals surface area contributed by atoms with Gasteiger partial charge in [0, 0.05) is 51.1 Å². The van der Waals surface area contributed by atoms with Gasteiger partial charge in [0.1, 0.15) is 0 Å². The molecule has 2 aromatic carbocycles. The Morgan fingerprint density at radius 3 is 1.90 bits per heavy atom. The van der Waals surface area contributed by atoms with Crippen molar-refractivity contribution in [2.24, 2.45) is 7.05 Å². The normalized spacial score (nSPS) is 14.9. The molecule has 5 nitrogen and oxygen atoms in total. The summed E-state index contributed by atoms with van der Waals surface area (Å²) in [7, 11) is 1.68. The van der Waals surface area contributed by atoms with Gasteiger partial charge < -0.3 is 9.47 Å². The topological polar surface area (TPSA) is 45.6 Å². The number of hydrogen-bond acceptors (Lipinski definition) is 3. The van der Waals surface area contributed by atoms with Gasteiger partial charge >= 0.3 is 0 Å².